The third-order valence-corrected chi connectivity index (χ3v) is 5.06. The van der Waals surface area contributed by atoms with Crippen LogP contribution in [0.2, 0.25) is 0 Å². The molecule has 1 aliphatic heterocycles. The van der Waals surface area contributed by atoms with Crippen LogP contribution in [0.5, 0.6) is 5.75 Å². The normalized spacial score (nSPS) is 17.2. The average molecular weight is 416 g/mol. The number of hydrogen-bond donors (Lipinski definition) is 1. The number of rotatable bonds is 7. The Kier molecular flexibility index (Phi) is 6.74. The molecular formula is C22H30FN5O2. The maximum atomic E-state index is 14.2. The summed E-state index contributed by atoms with van der Waals surface area (Å²) >= 11 is 0. The standard InChI is InChI=1S/C22H30FN5O2/c1-14(2)25-21(29)15(3)16-6-8-17(9-7-16)30-18-10-11-28(13-18)20-19(23)12-24-22(26-20)27(4)5/h6-9,12,14-15,18H,10-11,13H2,1-5H3,(H,25,29). The number of hydrogen-bond acceptors (Lipinski definition) is 6. The molecule has 2 aromatic rings. The highest BCUT2D eigenvalue weighted by Gasteiger charge is 2.28. The maximum absolute atomic E-state index is 14.2. The largest absolute Gasteiger partial charge is 0.489 e. The van der Waals surface area contributed by atoms with Crippen LogP contribution in [-0.2, 0) is 4.79 Å². The van der Waals surface area contributed by atoms with E-state index in [4.69, 9.17) is 4.74 Å². The van der Waals surface area contributed by atoms with E-state index in [0.717, 1.165) is 17.7 Å². The molecule has 2 atom stereocenters. The topological polar surface area (TPSA) is 70.6 Å². The van der Waals surface area contributed by atoms with E-state index >= 15 is 0 Å². The zero-order chi connectivity index (χ0) is 21.8. The van der Waals surface area contributed by atoms with E-state index < -0.39 is 5.82 Å². The minimum absolute atomic E-state index is 0.00840. The van der Waals surface area contributed by atoms with Crippen molar-refractivity contribution in [3.8, 4) is 5.75 Å². The number of nitrogens with one attached hydrogen (secondary N) is 1. The highest BCUT2D eigenvalue weighted by molar-refractivity contribution is 5.83. The fourth-order valence-electron chi connectivity index (χ4n) is 3.39. The van der Waals surface area contributed by atoms with Gasteiger partial charge in [0.2, 0.25) is 11.9 Å². The lowest BCUT2D eigenvalue weighted by molar-refractivity contribution is -0.122. The van der Waals surface area contributed by atoms with Gasteiger partial charge in [0.1, 0.15) is 11.9 Å². The van der Waals surface area contributed by atoms with Gasteiger partial charge < -0.3 is 19.9 Å². The van der Waals surface area contributed by atoms with Gasteiger partial charge in [0.25, 0.3) is 0 Å². The van der Waals surface area contributed by atoms with Crippen LogP contribution < -0.4 is 19.9 Å². The molecule has 1 fully saturated rings. The van der Waals surface area contributed by atoms with Crippen LogP contribution in [0.1, 0.15) is 38.7 Å². The van der Waals surface area contributed by atoms with E-state index in [1.165, 1.54) is 6.20 Å². The molecule has 2 heterocycles. The number of aromatic nitrogens is 2. The molecule has 3 rings (SSSR count). The van der Waals surface area contributed by atoms with E-state index in [2.05, 4.69) is 15.3 Å². The van der Waals surface area contributed by atoms with Crippen molar-refractivity contribution in [3.63, 3.8) is 0 Å². The van der Waals surface area contributed by atoms with E-state index in [1.54, 1.807) is 4.90 Å². The molecule has 1 aliphatic rings. The lowest BCUT2D eigenvalue weighted by atomic mass is 10.00. The fraction of sp³-hybridized carbons (Fsp3) is 0.500. The summed E-state index contributed by atoms with van der Waals surface area (Å²) in [6.45, 7) is 6.99. The summed E-state index contributed by atoms with van der Waals surface area (Å²) in [6, 6.07) is 7.71. The minimum Gasteiger partial charge on any atom is -0.489 e. The van der Waals surface area contributed by atoms with Gasteiger partial charge in [0, 0.05) is 33.1 Å². The van der Waals surface area contributed by atoms with Crippen molar-refractivity contribution in [3.05, 3.63) is 41.8 Å². The zero-order valence-electron chi connectivity index (χ0n) is 18.2. The van der Waals surface area contributed by atoms with Gasteiger partial charge in [-0.3, -0.25) is 4.79 Å². The lowest BCUT2D eigenvalue weighted by Gasteiger charge is -2.20. The van der Waals surface area contributed by atoms with Crippen LogP contribution in [0.4, 0.5) is 16.2 Å². The van der Waals surface area contributed by atoms with E-state index in [0.29, 0.717) is 24.9 Å². The zero-order valence-corrected chi connectivity index (χ0v) is 18.2. The van der Waals surface area contributed by atoms with Crippen molar-refractivity contribution in [2.45, 2.75) is 45.3 Å². The molecule has 162 valence electrons. The summed E-state index contributed by atoms with van der Waals surface area (Å²) in [6.07, 6.45) is 1.92. The number of anilines is 2. The smallest absolute Gasteiger partial charge is 0.227 e. The lowest BCUT2D eigenvalue weighted by Crippen LogP contribution is -2.33. The van der Waals surface area contributed by atoms with Gasteiger partial charge in [-0.05, 0) is 38.5 Å². The summed E-state index contributed by atoms with van der Waals surface area (Å²) in [4.78, 5) is 24.2. The highest BCUT2D eigenvalue weighted by Crippen LogP contribution is 2.26. The van der Waals surface area contributed by atoms with Crippen molar-refractivity contribution >= 4 is 17.7 Å². The van der Waals surface area contributed by atoms with E-state index in [-0.39, 0.29) is 24.0 Å². The van der Waals surface area contributed by atoms with E-state index in [1.807, 2.05) is 64.0 Å². The third-order valence-electron chi connectivity index (χ3n) is 5.06. The van der Waals surface area contributed by atoms with Crippen LogP contribution in [0.3, 0.4) is 0 Å². The molecule has 0 spiro atoms. The Morgan fingerprint density at radius 2 is 1.97 bits per heavy atom. The van der Waals surface area contributed by atoms with Gasteiger partial charge in [-0.2, -0.15) is 4.98 Å². The Balaban J connectivity index is 1.61. The first-order valence-corrected chi connectivity index (χ1v) is 10.3. The molecule has 0 aliphatic carbocycles. The van der Waals surface area contributed by atoms with Gasteiger partial charge in [0.05, 0.1) is 18.7 Å². The van der Waals surface area contributed by atoms with Crippen molar-refractivity contribution in [2.24, 2.45) is 0 Å². The molecule has 30 heavy (non-hydrogen) atoms. The molecule has 7 nitrogen and oxygen atoms in total. The summed E-state index contributed by atoms with van der Waals surface area (Å²) in [7, 11) is 3.65. The van der Waals surface area contributed by atoms with Crippen LogP contribution in [-0.4, -0.2) is 55.2 Å². The average Bonchev–Trinajstić information content (AvgIpc) is 3.15. The van der Waals surface area contributed by atoms with E-state index in [9.17, 15) is 9.18 Å². The summed E-state index contributed by atoms with van der Waals surface area (Å²) in [5.41, 5.74) is 0.938. The number of ether oxygens (including phenoxy) is 1. The molecule has 0 radical (unpaired) electrons. The molecule has 8 heteroatoms. The molecule has 2 unspecified atom stereocenters. The highest BCUT2D eigenvalue weighted by atomic mass is 19.1. The van der Waals surface area contributed by atoms with Gasteiger partial charge in [-0.15, -0.1) is 0 Å². The van der Waals surface area contributed by atoms with Crippen LogP contribution in [0.25, 0.3) is 0 Å². The summed E-state index contributed by atoms with van der Waals surface area (Å²) in [5.74, 6) is 0.865. The fourth-order valence-corrected chi connectivity index (χ4v) is 3.39. The number of halogens is 1. The number of carbonyl (C=O) groups is 1. The molecule has 1 amide bonds. The number of amides is 1. The number of benzene rings is 1. The first-order chi connectivity index (χ1) is 14.2. The van der Waals surface area contributed by atoms with Crippen molar-refractivity contribution < 1.29 is 13.9 Å². The van der Waals surface area contributed by atoms with Crippen LogP contribution >= 0.6 is 0 Å². The summed E-state index contributed by atoms with van der Waals surface area (Å²) in [5, 5.41) is 2.93. The van der Waals surface area contributed by atoms with Gasteiger partial charge >= 0.3 is 0 Å². The van der Waals surface area contributed by atoms with Crippen molar-refractivity contribution in [1.29, 1.82) is 0 Å². The Bertz CT molecular complexity index is 872. The number of nitrogens with zero attached hydrogens (tertiary/aromatic N) is 4. The second-order valence-corrected chi connectivity index (χ2v) is 8.16. The maximum Gasteiger partial charge on any atom is 0.227 e. The van der Waals surface area contributed by atoms with Gasteiger partial charge in [-0.1, -0.05) is 12.1 Å². The molecule has 0 bridgehead atoms. The molecule has 1 N–H and O–H groups in total. The Morgan fingerprint density at radius 1 is 1.27 bits per heavy atom. The number of carbonyl (C=O) groups excluding carboxylic acids is 1. The molecule has 1 aromatic heterocycles. The van der Waals surface area contributed by atoms with Crippen LogP contribution in [0, 0.1) is 5.82 Å². The first kappa shape index (κ1) is 21.8. The quantitative estimate of drug-likeness (QED) is 0.750. The van der Waals surface area contributed by atoms with Gasteiger partial charge in [-0.25, -0.2) is 9.37 Å². The summed E-state index contributed by atoms with van der Waals surface area (Å²) < 4.78 is 20.3. The second-order valence-electron chi connectivity index (χ2n) is 8.16. The Labute approximate surface area is 177 Å². The van der Waals surface area contributed by atoms with Crippen molar-refractivity contribution in [2.75, 3.05) is 37.0 Å². The molecule has 0 saturated carbocycles. The molecule has 1 saturated heterocycles. The molecular weight excluding hydrogens is 385 g/mol. The second kappa shape index (κ2) is 9.28. The SMILES string of the molecule is CC(C)NC(=O)C(C)c1ccc(OC2CCN(c3nc(N(C)C)ncc3F)C2)cc1. The van der Waals surface area contributed by atoms with Gasteiger partial charge in [0.15, 0.2) is 11.6 Å². The van der Waals surface area contributed by atoms with Crippen LogP contribution in [0.15, 0.2) is 30.5 Å². The molecule has 1 aromatic carbocycles. The van der Waals surface area contributed by atoms with Crippen molar-refractivity contribution in [1.82, 2.24) is 15.3 Å². The third kappa shape index (κ3) is 5.17. The predicted molar refractivity (Wildman–Crippen MR) is 116 cm³/mol. The monoisotopic (exact) mass is 415 g/mol. The Morgan fingerprint density at radius 3 is 2.60 bits per heavy atom. The first-order valence-electron chi connectivity index (χ1n) is 10.3. The minimum atomic E-state index is -0.431. The Hall–Kier alpha value is -2.90. The predicted octanol–water partition coefficient (Wildman–Crippen LogP) is 2.97.